The van der Waals surface area contributed by atoms with Crippen molar-refractivity contribution < 1.29 is 9.59 Å². The van der Waals surface area contributed by atoms with Gasteiger partial charge in [-0.1, -0.05) is 32.0 Å². The molecule has 0 spiro atoms. The van der Waals surface area contributed by atoms with E-state index < -0.39 is 0 Å². The molecule has 0 saturated carbocycles. The lowest BCUT2D eigenvalue weighted by atomic mass is 10.0. The molecule has 1 saturated heterocycles. The lowest BCUT2D eigenvalue weighted by Crippen LogP contribution is -2.48. The van der Waals surface area contributed by atoms with Gasteiger partial charge in [0.2, 0.25) is 5.91 Å². The van der Waals surface area contributed by atoms with Crippen molar-refractivity contribution >= 4 is 11.8 Å². The zero-order chi connectivity index (χ0) is 17.5. The molecule has 1 N–H and O–H groups in total. The summed E-state index contributed by atoms with van der Waals surface area (Å²) in [4.78, 5) is 27.2. The molecule has 3 rings (SSSR count). The number of nitrogens with one attached hydrogen (secondary N) is 1. The van der Waals surface area contributed by atoms with Crippen LogP contribution in [0.4, 0.5) is 0 Å². The van der Waals surface area contributed by atoms with Gasteiger partial charge in [0.15, 0.2) is 0 Å². The van der Waals surface area contributed by atoms with Crippen LogP contribution in [0.15, 0.2) is 24.3 Å². The predicted molar refractivity (Wildman–Crippen MR) is 95.9 cm³/mol. The molecule has 0 aromatic heterocycles. The van der Waals surface area contributed by atoms with Crippen LogP contribution in [0.25, 0.3) is 0 Å². The Labute approximate surface area is 145 Å². The number of benzene rings is 1. The summed E-state index contributed by atoms with van der Waals surface area (Å²) in [6, 6.07) is 7.74. The smallest absolute Gasteiger partial charge is 0.254 e. The second-order valence-electron chi connectivity index (χ2n) is 6.32. The maximum absolute atomic E-state index is 12.1. The molecular weight excluding hydrogens is 302 g/mol. The molecule has 5 heteroatoms. The van der Waals surface area contributed by atoms with E-state index >= 15 is 0 Å². The first-order valence-corrected chi connectivity index (χ1v) is 8.96. The molecule has 0 aliphatic carbocycles. The van der Waals surface area contributed by atoms with Gasteiger partial charge in [-0.3, -0.25) is 9.59 Å². The molecule has 0 radical (unpaired) electrons. The second-order valence-corrected chi connectivity index (χ2v) is 6.32. The van der Waals surface area contributed by atoms with Crippen molar-refractivity contribution in [2.45, 2.75) is 39.7 Å². The van der Waals surface area contributed by atoms with Gasteiger partial charge in [0, 0.05) is 32.1 Å². The zero-order valence-electron chi connectivity index (χ0n) is 15.0. The number of rotatable bonds is 4. The average molecular weight is 331 g/mol. The Bertz CT molecular complexity index is 569. The van der Waals surface area contributed by atoms with E-state index in [2.05, 4.69) is 19.2 Å². The van der Waals surface area contributed by atoms with Gasteiger partial charge in [-0.25, -0.2) is 0 Å². The molecule has 1 unspecified atom stereocenters. The van der Waals surface area contributed by atoms with E-state index in [1.54, 1.807) is 6.92 Å². The first-order valence-electron chi connectivity index (χ1n) is 8.96. The van der Waals surface area contributed by atoms with Crippen molar-refractivity contribution in [1.29, 1.82) is 0 Å². The number of amides is 2. The number of fused-ring (bicyclic) bond motifs is 3. The normalized spacial score (nSPS) is 18.6. The quantitative estimate of drug-likeness (QED) is 0.862. The van der Waals surface area contributed by atoms with E-state index in [4.69, 9.17) is 0 Å². The van der Waals surface area contributed by atoms with Crippen LogP contribution >= 0.6 is 0 Å². The predicted octanol–water partition coefficient (Wildman–Crippen LogP) is 2.44. The van der Waals surface area contributed by atoms with Crippen LogP contribution in [0.5, 0.6) is 0 Å². The van der Waals surface area contributed by atoms with Gasteiger partial charge >= 0.3 is 0 Å². The van der Waals surface area contributed by atoms with Gasteiger partial charge in [-0.05, 0) is 37.6 Å². The molecule has 132 valence electrons. The minimum Gasteiger partial charge on any atom is -0.339 e. The lowest BCUT2D eigenvalue weighted by molar-refractivity contribution is -0.131. The van der Waals surface area contributed by atoms with Crippen molar-refractivity contribution in [2.24, 2.45) is 0 Å². The van der Waals surface area contributed by atoms with Crippen molar-refractivity contribution in [3.05, 3.63) is 35.4 Å². The summed E-state index contributed by atoms with van der Waals surface area (Å²) in [5.74, 6) is 0.190. The Morgan fingerprint density at radius 1 is 1.17 bits per heavy atom. The van der Waals surface area contributed by atoms with Crippen molar-refractivity contribution in [3.8, 4) is 0 Å². The molecule has 24 heavy (non-hydrogen) atoms. The number of hydrogen-bond acceptors (Lipinski definition) is 3. The van der Waals surface area contributed by atoms with E-state index in [1.165, 1.54) is 25.9 Å². The molecule has 5 nitrogen and oxygen atoms in total. The SMILES string of the molecule is CC(=O)N1CCN2C(=O)c3ccccc3C2C1.CCCNCCC. The molecule has 2 amide bonds. The van der Waals surface area contributed by atoms with E-state index in [0.717, 1.165) is 11.1 Å². The Balaban J connectivity index is 0.000000256. The van der Waals surface area contributed by atoms with Gasteiger partial charge in [-0.15, -0.1) is 0 Å². The van der Waals surface area contributed by atoms with Gasteiger partial charge in [0.1, 0.15) is 0 Å². The minimum atomic E-state index is 0.0522. The molecule has 2 heterocycles. The number of carbonyl (C=O) groups is 2. The third kappa shape index (κ3) is 4.15. The Morgan fingerprint density at radius 2 is 1.83 bits per heavy atom. The van der Waals surface area contributed by atoms with Crippen LogP contribution in [0.1, 0.15) is 55.6 Å². The van der Waals surface area contributed by atoms with Gasteiger partial charge in [0.05, 0.1) is 6.04 Å². The van der Waals surface area contributed by atoms with Crippen LogP contribution in [-0.2, 0) is 4.79 Å². The standard InChI is InChI=1S/C13H14N2O2.C6H15N/c1-9(16)14-6-7-15-12(8-14)10-4-2-3-5-11(10)13(15)17;1-3-5-7-6-4-2/h2-5,12H,6-8H2,1H3;7H,3-6H2,1-2H3. The summed E-state index contributed by atoms with van der Waals surface area (Å²) in [5.41, 5.74) is 1.85. The lowest BCUT2D eigenvalue weighted by Gasteiger charge is -2.37. The molecule has 1 aromatic carbocycles. The zero-order valence-corrected chi connectivity index (χ0v) is 15.0. The summed E-state index contributed by atoms with van der Waals surface area (Å²) >= 11 is 0. The summed E-state index contributed by atoms with van der Waals surface area (Å²) in [6.45, 7) is 10.2. The first kappa shape index (κ1) is 18.5. The number of carbonyl (C=O) groups excluding carboxylic acids is 2. The monoisotopic (exact) mass is 331 g/mol. The van der Waals surface area contributed by atoms with Gasteiger partial charge in [0.25, 0.3) is 5.91 Å². The van der Waals surface area contributed by atoms with Gasteiger partial charge < -0.3 is 15.1 Å². The fourth-order valence-corrected chi connectivity index (χ4v) is 3.19. The summed E-state index contributed by atoms with van der Waals surface area (Å²) < 4.78 is 0. The Hall–Kier alpha value is -1.88. The van der Waals surface area contributed by atoms with Crippen LogP contribution in [0, 0.1) is 0 Å². The highest BCUT2D eigenvalue weighted by Crippen LogP contribution is 2.35. The summed E-state index contributed by atoms with van der Waals surface area (Å²) in [6.07, 6.45) is 2.50. The number of hydrogen-bond donors (Lipinski definition) is 1. The van der Waals surface area contributed by atoms with E-state index in [1.807, 2.05) is 34.1 Å². The molecule has 1 atom stereocenters. The maximum Gasteiger partial charge on any atom is 0.254 e. The molecule has 2 aliphatic rings. The Kier molecular flexibility index (Phi) is 6.79. The highest BCUT2D eigenvalue weighted by molar-refractivity contribution is 5.99. The van der Waals surface area contributed by atoms with Crippen molar-refractivity contribution in [3.63, 3.8) is 0 Å². The van der Waals surface area contributed by atoms with Crippen molar-refractivity contribution in [2.75, 3.05) is 32.7 Å². The van der Waals surface area contributed by atoms with Gasteiger partial charge in [-0.2, -0.15) is 0 Å². The maximum atomic E-state index is 12.1. The third-order valence-corrected chi connectivity index (χ3v) is 4.49. The second kappa shape index (κ2) is 8.83. The van der Waals surface area contributed by atoms with Crippen LogP contribution in [0.2, 0.25) is 0 Å². The molecule has 0 bridgehead atoms. The summed E-state index contributed by atoms with van der Waals surface area (Å²) in [5, 5.41) is 3.28. The van der Waals surface area contributed by atoms with Crippen LogP contribution < -0.4 is 5.32 Å². The summed E-state index contributed by atoms with van der Waals surface area (Å²) in [7, 11) is 0. The molecule has 1 aromatic rings. The first-order chi connectivity index (χ1) is 11.6. The fourth-order valence-electron chi connectivity index (χ4n) is 3.19. The van der Waals surface area contributed by atoms with Crippen LogP contribution in [-0.4, -0.2) is 54.3 Å². The molecule has 2 aliphatic heterocycles. The van der Waals surface area contributed by atoms with Crippen molar-refractivity contribution in [1.82, 2.24) is 15.1 Å². The molecular formula is C19H29N3O2. The molecule has 1 fully saturated rings. The Morgan fingerprint density at radius 3 is 2.46 bits per heavy atom. The van der Waals surface area contributed by atoms with E-state index in [9.17, 15) is 9.59 Å². The van der Waals surface area contributed by atoms with E-state index in [0.29, 0.717) is 19.6 Å². The number of piperazine rings is 1. The average Bonchev–Trinajstić information content (AvgIpc) is 2.89. The fraction of sp³-hybridized carbons (Fsp3) is 0.579. The third-order valence-electron chi connectivity index (χ3n) is 4.49. The largest absolute Gasteiger partial charge is 0.339 e. The highest BCUT2D eigenvalue weighted by atomic mass is 16.2. The van der Waals surface area contributed by atoms with E-state index in [-0.39, 0.29) is 17.9 Å². The topological polar surface area (TPSA) is 52.7 Å². The highest BCUT2D eigenvalue weighted by Gasteiger charge is 2.40. The number of nitrogens with zero attached hydrogens (tertiary/aromatic N) is 2. The van der Waals surface area contributed by atoms with Crippen LogP contribution in [0.3, 0.4) is 0 Å². The minimum absolute atomic E-state index is 0.0522.